The third kappa shape index (κ3) is 8.40. The molecule has 2 atom stereocenters. The molecule has 31 heavy (non-hydrogen) atoms. The van der Waals surface area contributed by atoms with Crippen LogP contribution < -0.4 is 10.6 Å². The number of piperazine rings is 1. The summed E-state index contributed by atoms with van der Waals surface area (Å²) >= 11 is 0. The summed E-state index contributed by atoms with van der Waals surface area (Å²) in [6.45, 7) is 17.0. The first-order chi connectivity index (χ1) is 14.2. The van der Waals surface area contributed by atoms with E-state index in [4.69, 9.17) is 0 Å². The van der Waals surface area contributed by atoms with Gasteiger partial charge in [0.05, 0.1) is 12.0 Å². The molecule has 9 heteroatoms. The number of halogens is 1. The van der Waals surface area contributed by atoms with E-state index < -0.39 is 5.41 Å². The summed E-state index contributed by atoms with van der Waals surface area (Å²) in [7, 11) is 1.77. The van der Waals surface area contributed by atoms with Gasteiger partial charge in [-0.2, -0.15) is 0 Å². The van der Waals surface area contributed by atoms with Crippen molar-refractivity contribution in [2.45, 2.75) is 41.0 Å². The van der Waals surface area contributed by atoms with Gasteiger partial charge in [0.25, 0.3) is 0 Å². The van der Waals surface area contributed by atoms with Crippen molar-refractivity contribution < 1.29 is 9.59 Å². The van der Waals surface area contributed by atoms with Crippen LogP contribution in [0, 0.1) is 17.3 Å². The average molecular weight is 551 g/mol. The number of carbonyl (C=O) groups excluding carboxylic acids is 2. The molecule has 0 aromatic carbocycles. The molecule has 0 aromatic heterocycles. The van der Waals surface area contributed by atoms with Gasteiger partial charge in [-0.15, -0.1) is 24.0 Å². The van der Waals surface area contributed by atoms with E-state index in [9.17, 15) is 9.59 Å². The van der Waals surface area contributed by atoms with E-state index >= 15 is 0 Å². The minimum Gasteiger partial charge on any atom is -0.356 e. The summed E-state index contributed by atoms with van der Waals surface area (Å²) in [5.41, 5.74) is -0.511. The molecule has 180 valence electrons. The zero-order valence-corrected chi connectivity index (χ0v) is 22.6. The molecule has 2 fully saturated rings. The summed E-state index contributed by atoms with van der Waals surface area (Å²) in [5, 5.41) is 6.25. The number of piperidine rings is 1. The zero-order valence-electron chi connectivity index (χ0n) is 20.2. The summed E-state index contributed by atoms with van der Waals surface area (Å²) in [6, 6.07) is 0. The lowest BCUT2D eigenvalue weighted by Crippen LogP contribution is -2.56. The number of aliphatic imine (C=N–C) groups is 1. The average Bonchev–Trinajstić information content (AvgIpc) is 2.69. The van der Waals surface area contributed by atoms with Gasteiger partial charge in [-0.3, -0.25) is 19.5 Å². The fourth-order valence-electron chi connectivity index (χ4n) is 4.39. The molecule has 0 spiro atoms. The minimum atomic E-state index is -0.511. The summed E-state index contributed by atoms with van der Waals surface area (Å²) in [4.78, 5) is 35.9. The SMILES string of the molecule is CCNC(=O)C(C)(C)CNC(=NC)N1CCN(CC(=O)N2CC(C)CC(C)C2)CC1.I. The molecule has 2 saturated heterocycles. The Morgan fingerprint density at radius 3 is 2.10 bits per heavy atom. The highest BCUT2D eigenvalue weighted by Gasteiger charge is 2.30. The number of hydrogen-bond acceptors (Lipinski definition) is 4. The van der Waals surface area contributed by atoms with Crippen LogP contribution in [0.25, 0.3) is 0 Å². The Labute approximate surface area is 205 Å². The summed E-state index contributed by atoms with van der Waals surface area (Å²) in [6.07, 6.45) is 1.21. The fourth-order valence-corrected chi connectivity index (χ4v) is 4.39. The van der Waals surface area contributed by atoms with Crippen molar-refractivity contribution in [1.82, 2.24) is 25.3 Å². The first-order valence-electron chi connectivity index (χ1n) is 11.4. The van der Waals surface area contributed by atoms with E-state index in [-0.39, 0.29) is 35.8 Å². The van der Waals surface area contributed by atoms with Crippen LogP contribution in [0.5, 0.6) is 0 Å². The van der Waals surface area contributed by atoms with E-state index in [0.29, 0.717) is 31.5 Å². The molecule has 2 rings (SSSR count). The Balaban J connectivity index is 0.00000480. The molecule has 2 N–H and O–H groups in total. The highest BCUT2D eigenvalue weighted by atomic mass is 127. The van der Waals surface area contributed by atoms with Crippen molar-refractivity contribution in [3.63, 3.8) is 0 Å². The second-order valence-corrected chi connectivity index (χ2v) is 9.65. The largest absolute Gasteiger partial charge is 0.356 e. The predicted octanol–water partition coefficient (Wildman–Crippen LogP) is 1.46. The van der Waals surface area contributed by atoms with Crippen LogP contribution in [-0.2, 0) is 9.59 Å². The highest BCUT2D eigenvalue weighted by molar-refractivity contribution is 14.0. The van der Waals surface area contributed by atoms with Crippen molar-refractivity contribution in [1.29, 1.82) is 0 Å². The third-order valence-corrected chi connectivity index (χ3v) is 6.10. The van der Waals surface area contributed by atoms with E-state index in [1.54, 1.807) is 7.05 Å². The van der Waals surface area contributed by atoms with E-state index in [2.05, 4.69) is 44.2 Å². The Morgan fingerprint density at radius 1 is 1.00 bits per heavy atom. The molecule has 0 bridgehead atoms. The topological polar surface area (TPSA) is 80.3 Å². The van der Waals surface area contributed by atoms with Crippen LogP contribution in [0.4, 0.5) is 0 Å². The quantitative estimate of drug-likeness (QED) is 0.298. The van der Waals surface area contributed by atoms with Gasteiger partial charge in [-0.05, 0) is 39.0 Å². The Kier molecular flexibility index (Phi) is 11.5. The van der Waals surface area contributed by atoms with E-state index in [1.807, 2.05) is 20.8 Å². The number of nitrogens with one attached hydrogen (secondary N) is 2. The third-order valence-electron chi connectivity index (χ3n) is 6.10. The van der Waals surface area contributed by atoms with Gasteiger partial charge in [0.2, 0.25) is 11.8 Å². The Hall–Kier alpha value is -1.10. The van der Waals surface area contributed by atoms with E-state index in [1.165, 1.54) is 6.42 Å². The molecule has 2 amide bonds. The Bertz CT molecular complexity index is 609. The molecule has 2 heterocycles. The minimum absolute atomic E-state index is 0. The van der Waals surface area contributed by atoms with Crippen molar-refractivity contribution in [2.75, 3.05) is 66.0 Å². The van der Waals surface area contributed by atoms with Gasteiger partial charge >= 0.3 is 0 Å². The van der Waals surface area contributed by atoms with Crippen molar-refractivity contribution in [2.24, 2.45) is 22.2 Å². The van der Waals surface area contributed by atoms with Crippen LogP contribution in [0.15, 0.2) is 4.99 Å². The van der Waals surface area contributed by atoms with Gasteiger partial charge < -0.3 is 20.4 Å². The van der Waals surface area contributed by atoms with Crippen molar-refractivity contribution in [3.8, 4) is 0 Å². The molecule has 0 aromatic rings. The maximum Gasteiger partial charge on any atom is 0.236 e. The molecular formula is C22H43IN6O2. The second-order valence-electron chi connectivity index (χ2n) is 9.65. The Morgan fingerprint density at radius 2 is 1.58 bits per heavy atom. The predicted molar refractivity (Wildman–Crippen MR) is 137 cm³/mol. The number of nitrogens with zero attached hydrogens (tertiary/aromatic N) is 4. The number of amides is 2. The first-order valence-corrected chi connectivity index (χ1v) is 11.4. The number of likely N-dealkylation sites (tertiary alicyclic amines) is 1. The fraction of sp³-hybridized carbons (Fsp3) is 0.864. The van der Waals surface area contributed by atoms with Crippen molar-refractivity contribution in [3.05, 3.63) is 0 Å². The highest BCUT2D eigenvalue weighted by Crippen LogP contribution is 2.21. The number of guanidine groups is 1. The van der Waals surface area contributed by atoms with Crippen molar-refractivity contribution >= 4 is 41.8 Å². The standard InChI is InChI=1S/C22H42N6O2.HI/c1-7-24-20(30)22(4,5)16-25-21(23-6)27-10-8-26(9-11-27)15-19(29)28-13-17(2)12-18(3)14-28;/h17-18H,7-16H2,1-6H3,(H,23,25)(H,24,30);1H. The van der Waals surface area contributed by atoms with E-state index in [0.717, 1.165) is 45.2 Å². The molecule has 8 nitrogen and oxygen atoms in total. The molecule has 2 aliphatic heterocycles. The lowest BCUT2D eigenvalue weighted by atomic mass is 9.92. The maximum absolute atomic E-state index is 12.8. The van der Waals surface area contributed by atoms with Crippen LogP contribution in [0.2, 0.25) is 0 Å². The monoisotopic (exact) mass is 550 g/mol. The summed E-state index contributed by atoms with van der Waals surface area (Å²) < 4.78 is 0. The molecule has 0 radical (unpaired) electrons. The van der Waals surface area contributed by atoms with Gasteiger partial charge in [-0.1, -0.05) is 13.8 Å². The normalized spacial score (nSPS) is 23.2. The van der Waals surface area contributed by atoms with Crippen LogP contribution in [0.3, 0.4) is 0 Å². The summed E-state index contributed by atoms with van der Waals surface area (Å²) in [5.74, 6) is 2.29. The smallest absolute Gasteiger partial charge is 0.236 e. The first kappa shape index (κ1) is 27.9. The second kappa shape index (κ2) is 12.8. The van der Waals surface area contributed by atoms with Gasteiger partial charge in [-0.25, -0.2) is 0 Å². The van der Waals surface area contributed by atoms with Gasteiger partial charge in [0.1, 0.15) is 0 Å². The molecular weight excluding hydrogens is 507 g/mol. The lowest BCUT2D eigenvalue weighted by Gasteiger charge is -2.39. The van der Waals surface area contributed by atoms with Crippen LogP contribution >= 0.6 is 24.0 Å². The number of rotatable bonds is 6. The maximum atomic E-state index is 12.8. The molecule has 2 aliphatic rings. The lowest BCUT2D eigenvalue weighted by molar-refractivity contribution is -0.135. The molecule has 2 unspecified atom stereocenters. The number of hydrogen-bond donors (Lipinski definition) is 2. The molecule has 0 aliphatic carbocycles. The zero-order chi connectivity index (χ0) is 22.3. The molecule has 0 saturated carbocycles. The van der Waals surface area contributed by atoms with Crippen LogP contribution in [0.1, 0.15) is 41.0 Å². The van der Waals surface area contributed by atoms with Crippen LogP contribution in [-0.4, -0.2) is 98.4 Å². The number of carbonyl (C=O) groups is 2. The van der Waals surface area contributed by atoms with Gasteiger partial charge in [0, 0.05) is 59.4 Å². The van der Waals surface area contributed by atoms with Gasteiger partial charge in [0.15, 0.2) is 5.96 Å².